The van der Waals surface area contributed by atoms with E-state index < -0.39 is 0 Å². The number of ketones is 1. The van der Waals surface area contributed by atoms with Crippen LogP contribution < -0.4 is 15.4 Å². The molecule has 6 heteroatoms. The van der Waals surface area contributed by atoms with Gasteiger partial charge in [0.15, 0.2) is 17.5 Å². The number of Topliss-reactive ketones (excluding diaryl/α,β-unsaturated/α-hetero) is 1. The average Bonchev–Trinajstić information content (AvgIpc) is 2.60. The topological polar surface area (TPSA) is 67.4 Å². The Balaban J connectivity index is 1.82. The second kappa shape index (κ2) is 8.94. The lowest BCUT2D eigenvalue weighted by atomic mass is 10.1. The SMILES string of the molecule is CCc1ccc(OCC(=O)NC(=S)Nc2cccc(C(C)=O)c2)cc1. The fraction of sp³-hybridized carbons (Fsp3) is 0.211. The van der Waals surface area contributed by atoms with Crippen LogP contribution in [0.3, 0.4) is 0 Å². The lowest BCUT2D eigenvalue weighted by molar-refractivity contribution is -0.121. The van der Waals surface area contributed by atoms with E-state index in [-0.39, 0.29) is 23.4 Å². The van der Waals surface area contributed by atoms with Crippen LogP contribution in [0.5, 0.6) is 5.75 Å². The number of rotatable bonds is 6. The molecule has 0 heterocycles. The van der Waals surface area contributed by atoms with Crippen molar-refractivity contribution in [3.63, 3.8) is 0 Å². The first-order valence-electron chi connectivity index (χ1n) is 7.91. The van der Waals surface area contributed by atoms with Crippen molar-refractivity contribution in [1.29, 1.82) is 0 Å². The highest BCUT2D eigenvalue weighted by Crippen LogP contribution is 2.13. The van der Waals surface area contributed by atoms with Gasteiger partial charge in [0.1, 0.15) is 5.75 Å². The first-order valence-corrected chi connectivity index (χ1v) is 8.32. The summed E-state index contributed by atoms with van der Waals surface area (Å²) in [6.45, 7) is 3.42. The Labute approximate surface area is 152 Å². The maximum absolute atomic E-state index is 11.9. The zero-order valence-corrected chi connectivity index (χ0v) is 15.0. The van der Waals surface area contributed by atoms with Crippen molar-refractivity contribution in [2.24, 2.45) is 0 Å². The zero-order chi connectivity index (χ0) is 18.2. The second-order valence-electron chi connectivity index (χ2n) is 5.43. The monoisotopic (exact) mass is 356 g/mol. The van der Waals surface area contributed by atoms with Crippen LogP contribution in [-0.4, -0.2) is 23.4 Å². The number of benzene rings is 2. The van der Waals surface area contributed by atoms with Crippen LogP contribution in [0, 0.1) is 0 Å². The Hall–Kier alpha value is -2.73. The second-order valence-corrected chi connectivity index (χ2v) is 5.83. The first-order chi connectivity index (χ1) is 12.0. The summed E-state index contributed by atoms with van der Waals surface area (Å²) >= 11 is 5.10. The summed E-state index contributed by atoms with van der Waals surface area (Å²) in [5.74, 6) is 0.223. The molecule has 0 atom stereocenters. The minimum atomic E-state index is -0.361. The third-order valence-corrected chi connectivity index (χ3v) is 3.69. The lowest BCUT2D eigenvalue weighted by Gasteiger charge is -2.11. The Morgan fingerprint density at radius 2 is 1.84 bits per heavy atom. The fourth-order valence-electron chi connectivity index (χ4n) is 2.11. The molecule has 0 aliphatic carbocycles. The van der Waals surface area contributed by atoms with Gasteiger partial charge in [-0.3, -0.25) is 14.9 Å². The molecule has 0 unspecified atom stereocenters. The molecule has 0 saturated carbocycles. The summed E-state index contributed by atoms with van der Waals surface area (Å²) in [5.41, 5.74) is 2.40. The van der Waals surface area contributed by atoms with Crippen LogP contribution in [0.1, 0.15) is 29.8 Å². The van der Waals surface area contributed by atoms with Crippen molar-refractivity contribution in [1.82, 2.24) is 5.32 Å². The van der Waals surface area contributed by atoms with Crippen LogP contribution in [0.4, 0.5) is 5.69 Å². The van der Waals surface area contributed by atoms with Crippen molar-refractivity contribution in [2.75, 3.05) is 11.9 Å². The number of hydrogen-bond donors (Lipinski definition) is 2. The number of hydrogen-bond acceptors (Lipinski definition) is 4. The molecule has 2 aromatic carbocycles. The highest BCUT2D eigenvalue weighted by molar-refractivity contribution is 7.80. The van der Waals surface area contributed by atoms with Crippen molar-refractivity contribution in [3.05, 3.63) is 59.7 Å². The van der Waals surface area contributed by atoms with Gasteiger partial charge in [-0.05, 0) is 55.4 Å². The summed E-state index contributed by atoms with van der Waals surface area (Å²) in [7, 11) is 0. The molecule has 2 rings (SSSR count). The first kappa shape index (κ1) is 18.6. The number of carbonyl (C=O) groups is 2. The van der Waals surface area contributed by atoms with Crippen molar-refractivity contribution >= 4 is 34.7 Å². The summed E-state index contributed by atoms with van der Waals surface area (Å²) in [6.07, 6.45) is 0.950. The third kappa shape index (κ3) is 6.00. The highest BCUT2D eigenvalue weighted by atomic mass is 32.1. The van der Waals surface area contributed by atoms with E-state index in [4.69, 9.17) is 17.0 Å². The van der Waals surface area contributed by atoms with Crippen LogP contribution in [-0.2, 0) is 11.2 Å². The van der Waals surface area contributed by atoms with Crippen molar-refractivity contribution < 1.29 is 14.3 Å². The molecule has 0 bridgehead atoms. The number of anilines is 1. The van der Waals surface area contributed by atoms with E-state index in [0.29, 0.717) is 17.0 Å². The van der Waals surface area contributed by atoms with Gasteiger partial charge in [-0.25, -0.2) is 0 Å². The summed E-state index contributed by atoms with van der Waals surface area (Å²) in [6, 6.07) is 14.5. The number of carbonyl (C=O) groups excluding carboxylic acids is 2. The minimum Gasteiger partial charge on any atom is -0.484 e. The molecule has 130 valence electrons. The quantitative estimate of drug-likeness (QED) is 0.614. The smallest absolute Gasteiger partial charge is 0.264 e. The van der Waals surface area contributed by atoms with Gasteiger partial charge in [-0.2, -0.15) is 0 Å². The number of nitrogens with one attached hydrogen (secondary N) is 2. The third-order valence-electron chi connectivity index (χ3n) is 3.48. The summed E-state index contributed by atoms with van der Waals surface area (Å²) < 4.78 is 5.42. The number of thiocarbonyl (C=S) groups is 1. The van der Waals surface area contributed by atoms with E-state index >= 15 is 0 Å². The predicted molar refractivity (Wildman–Crippen MR) is 102 cm³/mol. The standard InChI is InChI=1S/C19H20N2O3S/c1-3-14-7-9-17(10-8-14)24-12-18(23)21-19(25)20-16-6-4-5-15(11-16)13(2)22/h4-11H,3,12H2,1-2H3,(H2,20,21,23,25). The highest BCUT2D eigenvalue weighted by Gasteiger charge is 2.07. The molecule has 2 N–H and O–H groups in total. The van der Waals surface area contributed by atoms with Crippen molar-refractivity contribution in [2.45, 2.75) is 20.3 Å². The fourth-order valence-corrected chi connectivity index (χ4v) is 2.34. The largest absolute Gasteiger partial charge is 0.484 e. The van der Waals surface area contributed by atoms with E-state index in [0.717, 1.165) is 6.42 Å². The predicted octanol–water partition coefficient (Wildman–Crippen LogP) is 3.34. The molecule has 0 spiro atoms. The van der Waals surface area contributed by atoms with E-state index in [9.17, 15) is 9.59 Å². The van der Waals surface area contributed by atoms with E-state index in [1.807, 2.05) is 24.3 Å². The van der Waals surface area contributed by atoms with Gasteiger partial charge in [0.05, 0.1) is 0 Å². The average molecular weight is 356 g/mol. The molecule has 0 saturated heterocycles. The molecule has 5 nitrogen and oxygen atoms in total. The summed E-state index contributed by atoms with van der Waals surface area (Å²) in [5, 5.41) is 5.56. The van der Waals surface area contributed by atoms with Gasteiger partial charge >= 0.3 is 0 Å². The van der Waals surface area contributed by atoms with Gasteiger partial charge in [0, 0.05) is 11.3 Å². The number of aryl methyl sites for hydroxylation is 1. The number of amides is 1. The van der Waals surface area contributed by atoms with Crippen LogP contribution in [0.15, 0.2) is 48.5 Å². The molecular weight excluding hydrogens is 336 g/mol. The Bertz CT molecular complexity index is 772. The molecule has 1 amide bonds. The lowest BCUT2D eigenvalue weighted by Crippen LogP contribution is -2.37. The van der Waals surface area contributed by atoms with E-state index in [1.54, 1.807) is 24.3 Å². The normalized spacial score (nSPS) is 10.0. The Morgan fingerprint density at radius 3 is 2.48 bits per heavy atom. The van der Waals surface area contributed by atoms with E-state index in [1.165, 1.54) is 12.5 Å². The van der Waals surface area contributed by atoms with Gasteiger partial charge in [-0.15, -0.1) is 0 Å². The van der Waals surface area contributed by atoms with Gasteiger partial charge in [0.2, 0.25) is 0 Å². The Morgan fingerprint density at radius 1 is 1.12 bits per heavy atom. The zero-order valence-electron chi connectivity index (χ0n) is 14.2. The molecule has 0 radical (unpaired) electrons. The van der Waals surface area contributed by atoms with Crippen LogP contribution in [0.2, 0.25) is 0 Å². The van der Waals surface area contributed by atoms with Gasteiger partial charge < -0.3 is 10.1 Å². The number of ether oxygens (including phenoxy) is 1. The molecule has 0 aromatic heterocycles. The molecular formula is C19H20N2O3S. The molecule has 0 aliphatic heterocycles. The van der Waals surface area contributed by atoms with Crippen LogP contribution >= 0.6 is 12.2 Å². The van der Waals surface area contributed by atoms with Crippen LogP contribution in [0.25, 0.3) is 0 Å². The van der Waals surface area contributed by atoms with Crippen molar-refractivity contribution in [3.8, 4) is 5.75 Å². The maximum atomic E-state index is 11.9. The Kier molecular flexibility index (Phi) is 6.65. The van der Waals surface area contributed by atoms with Gasteiger partial charge in [-0.1, -0.05) is 31.2 Å². The molecule has 2 aromatic rings. The maximum Gasteiger partial charge on any atom is 0.264 e. The molecule has 0 fully saturated rings. The van der Waals surface area contributed by atoms with E-state index in [2.05, 4.69) is 17.6 Å². The molecule has 25 heavy (non-hydrogen) atoms. The summed E-state index contributed by atoms with van der Waals surface area (Å²) in [4.78, 5) is 23.3. The molecule has 0 aliphatic rings. The van der Waals surface area contributed by atoms with Gasteiger partial charge in [0.25, 0.3) is 5.91 Å². The minimum absolute atomic E-state index is 0.0407.